The maximum Gasteiger partial charge on any atom is 0.222 e. The van der Waals surface area contributed by atoms with Gasteiger partial charge in [-0.25, -0.2) is 4.99 Å². The fourth-order valence-electron chi connectivity index (χ4n) is 2.48. The first kappa shape index (κ1) is 16.3. The molecule has 1 saturated heterocycles. The van der Waals surface area contributed by atoms with Gasteiger partial charge in [0.2, 0.25) is 5.91 Å². The maximum atomic E-state index is 11.5. The van der Waals surface area contributed by atoms with Gasteiger partial charge in [-0.1, -0.05) is 0 Å². The van der Waals surface area contributed by atoms with Crippen LogP contribution in [0.25, 0.3) is 0 Å². The van der Waals surface area contributed by atoms with Gasteiger partial charge in [0.05, 0.1) is 12.2 Å². The zero-order valence-corrected chi connectivity index (χ0v) is 13.5. The number of aliphatic imine (C=N–C) groups is 1. The lowest BCUT2D eigenvalue weighted by molar-refractivity contribution is -0.127. The topological polar surface area (TPSA) is 74.6 Å². The molecule has 0 spiro atoms. The van der Waals surface area contributed by atoms with Gasteiger partial charge in [0.15, 0.2) is 5.96 Å². The average Bonchev–Trinajstić information content (AvgIpc) is 3.09. The van der Waals surface area contributed by atoms with Gasteiger partial charge in [0.25, 0.3) is 0 Å². The van der Waals surface area contributed by atoms with E-state index in [2.05, 4.69) is 20.7 Å². The highest BCUT2D eigenvalue weighted by molar-refractivity contribution is 5.79. The van der Waals surface area contributed by atoms with Gasteiger partial charge in [-0.05, 0) is 25.8 Å². The lowest BCUT2D eigenvalue weighted by atomic mass is 10.4. The van der Waals surface area contributed by atoms with Crippen LogP contribution in [0.5, 0.6) is 0 Å². The van der Waals surface area contributed by atoms with Crippen molar-refractivity contribution in [3.8, 4) is 0 Å². The lowest BCUT2D eigenvalue weighted by Gasteiger charge is -2.16. The molecule has 0 radical (unpaired) electrons. The molecule has 1 fully saturated rings. The summed E-state index contributed by atoms with van der Waals surface area (Å²) in [6, 6.07) is 1.96. The summed E-state index contributed by atoms with van der Waals surface area (Å²) in [5.41, 5.74) is 1.07. The summed E-state index contributed by atoms with van der Waals surface area (Å²) in [6.07, 6.45) is 4.42. The van der Waals surface area contributed by atoms with Gasteiger partial charge in [-0.15, -0.1) is 0 Å². The molecule has 7 nitrogen and oxygen atoms in total. The van der Waals surface area contributed by atoms with Crippen LogP contribution in [-0.4, -0.2) is 52.7 Å². The number of likely N-dealkylation sites (tertiary alicyclic amines) is 1. The number of carbonyl (C=O) groups is 1. The summed E-state index contributed by atoms with van der Waals surface area (Å²) in [5.74, 6) is 1.09. The van der Waals surface area contributed by atoms with Gasteiger partial charge >= 0.3 is 0 Å². The molecule has 1 aromatic heterocycles. The van der Waals surface area contributed by atoms with Crippen molar-refractivity contribution >= 4 is 11.9 Å². The molecular weight excluding hydrogens is 280 g/mol. The molecule has 0 saturated carbocycles. The third-order valence-electron chi connectivity index (χ3n) is 3.73. The smallest absolute Gasteiger partial charge is 0.222 e. The second-order valence-corrected chi connectivity index (χ2v) is 5.41. The Kier molecular flexibility index (Phi) is 6.24. The fraction of sp³-hybridized carbons (Fsp3) is 0.667. The zero-order chi connectivity index (χ0) is 15.8. The minimum atomic E-state index is 0.289. The van der Waals surface area contributed by atoms with E-state index in [1.54, 1.807) is 6.20 Å². The molecule has 0 atom stereocenters. The molecule has 1 aromatic rings. The van der Waals surface area contributed by atoms with Crippen molar-refractivity contribution in [1.82, 2.24) is 25.3 Å². The number of nitrogens with zero attached hydrogens (tertiary/aromatic N) is 4. The second-order valence-electron chi connectivity index (χ2n) is 5.41. The predicted octanol–water partition coefficient (Wildman–Crippen LogP) is 0.488. The Balaban J connectivity index is 1.73. The van der Waals surface area contributed by atoms with Crippen molar-refractivity contribution in [1.29, 1.82) is 0 Å². The van der Waals surface area contributed by atoms with E-state index in [0.29, 0.717) is 13.0 Å². The quantitative estimate of drug-likeness (QED) is 0.437. The van der Waals surface area contributed by atoms with E-state index in [9.17, 15) is 4.79 Å². The van der Waals surface area contributed by atoms with Gasteiger partial charge in [-0.3, -0.25) is 9.48 Å². The third-order valence-corrected chi connectivity index (χ3v) is 3.73. The van der Waals surface area contributed by atoms with Crippen LogP contribution in [0.1, 0.15) is 31.9 Å². The molecule has 0 bridgehead atoms. The molecule has 0 aromatic carbocycles. The highest BCUT2D eigenvalue weighted by atomic mass is 16.2. The first-order valence-electron chi connectivity index (χ1n) is 7.97. The minimum Gasteiger partial charge on any atom is -0.357 e. The molecule has 2 heterocycles. The van der Waals surface area contributed by atoms with Crippen molar-refractivity contribution in [3.05, 3.63) is 18.0 Å². The molecule has 0 unspecified atom stereocenters. The highest BCUT2D eigenvalue weighted by Gasteiger charge is 2.18. The number of hydrogen-bond donors (Lipinski definition) is 2. The number of hydrogen-bond acceptors (Lipinski definition) is 3. The first-order valence-corrected chi connectivity index (χ1v) is 7.97. The molecule has 22 heavy (non-hydrogen) atoms. The van der Waals surface area contributed by atoms with E-state index < -0.39 is 0 Å². The van der Waals surface area contributed by atoms with Crippen LogP contribution < -0.4 is 10.6 Å². The highest BCUT2D eigenvalue weighted by Crippen LogP contribution is 2.09. The van der Waals surface area contributed by atoms with Gasteiger partial charge in [-0.2, -0.15) is 5.10 Å². The second kappa shape index (κ2) is 8.41. The summed E-state index contributed by atoms with van der Waals surface area (Å²) in [5, 5.41) is 10.7. The Bertz CT molecular complexity index is 510. The van der Waals surface area contributed by atoms with Crippen LogP contribution >= 0.6 is 0 Å². The molecule has 0 aliphatic carbocycles. The van der Waals surface area contributed by atoms with Crippen LogP contribution in [0, 0.1) is 0 Å². The molecule has 122 valence electrons. The standard InChI is InChI=1S/C15H26N6O/c1-3-16-15(18-12-13-7-9-19-20(13)2)17-8-5-11-21-10-4-6-14(21)22/h7,9H,3-6,8,10-12H2,1-2H3,(H2,16,17,18). The number of rotatable bonds is 7. The Labute approximate surface area is 131 Å². The summed E-state index contributed by atoms with van der Waals surface area (Å²) < 4.78 is 1.83. The van der Waals surface area contributed by atoms with Crippen LogP contribution in [-0.2, 0) is 18.4 Å². The fourth-order valence-corrected chi connectivity index (χ4v) is 2.48. The Morgan fingerprint density at radius 3 is 2.95 bits per heavy atom. The number of aryl methyl sites for hydroxylation is 1. The summed E-state index contributed by atoms with van der Waals surface area (Å²) in [7, 11) is 1.91. The van der Waals surface area contributed by atoms with Crippen molar-refractivity contribution in [2.75, 3.05) is 26.2 Å². The van der Waals surface area contributed by atoms with E-state index in [0.717, 1.165) is 50.7 Å². The summed E-state index contributed by atoms with van der Waals surface area (Å²) >= 11 is 0. The third kappa shape index (κ3) is 4.75. The number of nitrogens with one attached hydrogen (secondary N) is 2. The largest absolute Gasteiger partial charge is 0.357 e. The van der Waals surface area contributed by atoms with Crippen molar-refractivity contribution < 1.29 is 4.79 Å². The van der Waals surface area contributed by atoms with Crippen LogP contribution in [0.3, 0.4) is 0 Å². The average molecular weight is 306 g/mol. The monoisotopic (exact) mass is 306 g/mol. The molecule has 1 amide bonds. The van der Waals surface area contributed by atoms with E-state index in [1.165, 1.54) is 0 Å². The zero-order valence-electron chi connectivity index (χ0n) is 13.5. The Morgan fingerprint density at radius 1 is 1.45 bits per heavy atom. The lowest BCUT2D eigenvalue weighted by Crippen LogP contribution is -2.39. The maximum absolute atomic E-state index is 11.5. The van der Waals surface area contributed by atoms with E-state index >= 15 is 0 Å². The summed E-state index contributed by atoms with van der Waals surface area (Å²) in [6.45, 7) is 6.00. The van der Waals surface area contributed by atoms with Gasteiger partial charge in [0, 0.05) is 45.8 Å². The summed E-state index contributed by atoms with van der Waals surface area (Å²) in [4.78, 5) is 18.0. The number of guanidine groups is 1. The van der Waals surface area contributed by atoms with Gasteiger partial charge in [0.1, 0.15) is 0 Å². The van der Waals surface area contributed by atoms with E-state index in [-0.39, 0.29) is 5.91 Å². The van der Waals surface area contributed by atoms with Crippen LogP contribution in [0.15, 0.2) is 17.3 Å². The predicted molar refractivity (Wildman–Crippen MR) is 86.5 cm³/mol. The normalized spacial score (nSPS) is 15.5. The first-order chi connectivity index (χ1) is 10.7. The van der Waals surface area contributed by atoms with E-state index in [1.807, 2.05) is 29.6 Å². The van der Waals surface area contributed by atoms with Gasteiger partial charge < -0.3 is 15.5 Å². The molecule has 2 N–H and O–H groups in total. The molecular formula is C15H26N6O. The Morgan fingerprint density at radius 2 is 2.32 bits per heavy atom. The number of carbonyl (C=O) groups excluding carboxylic acids is 1. The van der Waals surface area contributed by atoms with E-state index in [4.69, 9.17) is 0 Å². The minimum absolute atomic E-state index is 0.289. The number of aromatic nitrogens is 2. The number of amides is 1. The molecule has 1 aliphatic rings. The SMILES string of the molecule is CCNC(=NCc1ccnn1C)NCCCN1CCCC1=O. The Hall–Kier alpha value is -2.05. The van der Waals surface area contributed by atoms with Crippen molar-refractivity contribution in [3.63, 3.8) is 0 Å². The van der Waals surface area contributed by atoms with Crippen molar-refractivity contribution in [2.45, 2.75) is 32.7 Å². The van der Waals surface area contributed by atoms with Crippen LogP contribution in [0.2, 0.25) is 0 Å². The molecule has 7 heteroatoms. The molecule has 2 rings (SSSR count). The van der Waals surface area contributed by atoms with Crippen LogP contribution in [0.4, 0.5) is 0 Å². The van der Waals surface area contributed by atoms with Crippen molar-refractivity contribution in [2.24, 2.45) is 12.0 Å². The molecule has 1 aliphatic heterocycles.